The molecule has 1 aromatic rings. The monoisotopic (exact) mass is 228 g/mol. The van der Waals surface area contributed by atoms with Crippen molar-refractivity contribution in [1.82, 2.24) is 20.1 Å². The van der Waals surface area contributed by atoms with Crippen LogP contribution in [0, 0.1) is 0 Å². The molecule has 0 aliphatic rings. The molecule has 0 aliphatic heterocycles. The van der Waals surface area contributed by atoms with E-state index in [4.69, 9.17) is 0 Å². The second kappa shape index (κ2) is 7.70. The third-order valence-corrected chi connectivity index (χ3v) is 2.73. The molecular formula is C10H20N4S. The highest BCUT2D eigenvalue weighted by Gasteiger charge is 1.99. The summed E-state index contributed by atoms with van der Waals surface area (Å²) in [6.45, 7) is 4.94. The van der Waals surface area contributed by atoms with Gasteiger partial charge in [0.2, 0.25) is 0 Å². The molecule has 0 aromatic carbocycles. The first-order valence-corrected chi connectivity index (χ1v) is 6.84. The third-order valence-electron chi connectivity index (χ3n) is 2.03. The van der Waals surface area contributed by atoms with Crippen LogP contribution >= 0.6 is 11.8 Å². The largest absolute Gasteiger partial charge is 0.310 e. The van der Waals surface area contributed by atoms with Crippen LogP contribution in [0.4, 0.5) is 0 Å². The van der Waals surface area contributed by atoms with Gasteiger partial charge in [0.05, 0.1) is 6.54 Å². The molecule has 0 saturated carbocycles. The van der Waals surface area contributed by atoms with Gasteiger partial charge < -0.3 is 5.32 Å². The number of rotatable bonds is 8. The summed E-state index contributed by atoms with van der Waals surface area (Å²) in [7, 11) is 0. The molecule has 0 unspecified atom stereocenters. The van der Waals surface area contributed by atoms with Gasteiger partial charge in [-0.15, -0.1) is 0 Å². The minimum Gasteiger partial charge on any atom is -0.310 e. The lowest BCUT2D eigenvalue weighted by Crippen LogP contribution is -2.15. The first kappa shape index (κ1) is 12.5. The van der Waals surface area contributed by atoms with Gasteiger partial charge in [-0.1, -0.05) is 6.92 Å². The van der Waals surface area contributed by atoms with Crippen molar-refractivity contribution in [1.29, 1.82) is 0 Å². The normalized spacial score (nSPS) is 10.8. The number of hydrogen-bond donors (Lipinski definition) is 1. The van der Waals surface area contributed by atoms with Crippen LogP contribution in [0.2, 0.25) is 0 Å². The molecule has 0 fully saturated rings. The summed E-state index contributed by atoms with van der Waals surface area (Å²) >= 11 is 1.87. The summed E-state index contributed by atoms with van der Waals surface area (Å²) < 4.78 is 1.93. The quantitative estimate of drug-likeness (QED) is 0.685. The van der Waals surface area contributed by atoms with Crippen LogP contribution in [-0.4, -0.2) is 33.3 Å². The second-order valence-electron chi connectivity index (χ2n) is 3.45. The predicted molar refractivity (Wildman–Crippen MR) is 65.0 cm³/mol. The Balaban J connectivity index is 2.23. The Bertz CT molecular complexity index is 237. The Morgan fingerprint density at radius 1 is 1.53 bits per heavy atom. The van der Waals surface area contributed by atoms with Gasteiger partial charge in [-0.3, -0.25) is 4.68 Å². The van der Waals surface area contributed by atoms with E-state index in [0.717, 1.165) is 38.3 Å². The zero-order chi connectivity index (χ0) is 10.9. The maximum Gasteiger partial charge on any atom is 0.164 e. The van der Waals surface area contributed by atoms with Crippen LogP contribution in [0.5, 0.6) is 0 Å². The summed E-state index contributed by atoms with van der Waals surface area (Å²) in [5, 5.41) is 7.68. The topological polar surface area (TPSA) is 42.7 Å². The summed E-state index contributed by atoms with van der Waals surface area (Å²) in [5.74, 6) is 2.08. The molecule has 0 spiro atoms. The van der Waals surface area contributed by atoms with Crippen LogP contribution in [0.15, 0.2) is 6.33 Å². The fourth-order valence-electron chi connectivity index (χ4n) is 1.27. The van der Waals surface area contributed by atoms with Gasteiger partial charge in [0.15, 0.2) is 5.82 Å². The molecule has 4 nitrogen and oxygen atoms in total. The maximum atomic E-state index is 4.39. The molecule has 0 saturated heterocycles. The van der Waals surface area contributed by atoms with Gasteiger partial charge in [0.25, 0.3) is 0 Å². The maximum absolute atomic E-state index is 4.39. The van der Waals surface area contributed by atoms with Gasteiger partial charge in [-0.25, -0.2) is 4.98 Å². The highest BCUT2D eigenvalue weighted by Crippen LogP contribution is 1.98. The molecular weight excluding hydrogens is 208 g/mol. The zero-order valence-electron chi connectivity index (χ0n) is 9.57. The van der Waals surface area contributed by atoms with Crippen molar-refractivity contribution in [2.24, 2.45) is 0 Å². The van der Waals surface area contributed by atoms with Crippen molar-refractivity contribution in [2.45, 2.75) is 32.9 Å². The molecule has 1 aromatic heterocycles. The minimum absolute atomic E-state index is 0.781. The van der Waals surface area contributed by atoms with Crippen LogP contribution in [0.1, 0.15) is 25.6 Å². The van der Waals surface area contributed by atoms with Crippen molar-refractivity contribution in [2.75, 3.05) is 18.6 Å². The molecule has 0 bridgehead atoms. The minimum atomic E-state index is 0.781. The van der Waals surface area contributed by atoms with Crippen LogP contribution in [0.3, 0.4) is 0 Å². The smallest absolute Gasteiger partial charge is 0.164 e. The van der Waals surface area contributed by atoms with Crippen molar-refractivity contribution in [3.63, 3.8) is 0 Å². The summed E-state index contributed by atoms with van der Waals surface area (Å²) in [6.07, 6.45) is 6.26. The Kier molecular flexibility index (Phi) is 6.43. The third kappa shape index (κ3) is 5.18. The molecule has 1 N–H and O–H groups in total. The Morgan fingerprint density at radius 3 is 3.13 bits per heavy atom. The lowest BCUT2D eigenvalue weighted by Gasteiger charge is -1.99. The number of thioether (sulfide) groups is 1. The van der Waals surface area contributed by atoms with E-state index in [9.17, 15) is 0 Å². The number of aryl methyl sites for hydroxylation is 1. The van der Waals surface area contributed by atoms with Crippen molar-refractivity contribution >= 4 is 11.8 Å². The van der Waals surface area contributed by atoms with Crippen molar-refractivity contribution < 1.29 is 0 Å². The van der Waals surface area contributed by atoms with E-state index in [2.05, 4.69) is 28.6 Å². The zero-order valence-corrected chi connectivity index (χ0v) is 10.4. The number of hydrogen-bond acceptors (Lipinski definition) is 4. The fourth-order valence-corrected chi connectivity index (χ4v) is 1.69. The van der Waals surface area contributed by atoms with Crippen LogP contribution in [-0.2, 0) is 13.1 Å². The Labute approximate surface area is 95.9 Å². The molecule has 86 valence electrons. The number of aromatic nitrogens is 3. The van der Waals surface area contributed by atoms with E-state index >= 15 is 0 Å². The van der Waals surface area contributed by atoms with E-state index < -0.39 is 0 Å². The highest BCUT2D eigenvalue weighted by atomic mass is 32.2. The molecule has 5 heteroatoms. The first-order valence-electron chi connectivity index (χ1n) is 5.44. The lowest BCUT2D eigenvalue weighted by molar-refractivity contribution is 0.584. The predicted octanol–water partition coefficient (Wildman–Crippen LogP) is 1.53. The molecule has 1 rings (SSSR count). The first-order chi connectivity index (χ1) is 7.36. The number of nitrogens with zero attached hydrogens (tertiary/aromatic N) is 3. The Hall–Kier alpha value is -0.550. The van der Waals surface area contributed by atoms with Gasteiger partial charge in [0.1, 0.15) is 6.33 Å². The average molecular weight is 228 g/mol. The van der Waals surface area contributed by atoms with Crippen LogP contribution in [0.25, 0.3) is 0 Å². The average Bonchev–Trinajstić information content (AvgIpc) is 2.67. The lowest BCUT2D eigenvalue weighted by atomic mass is 10.5. The fraction of sp³-hybridized carbons (Fsp3) is 0.800. The Morgan fingerprint density at radius 2 is 2.40 bits per heavy atom. The standard InChI is InChI=1S/C10H20N4S/c1-3-5-11-8-10-12-9-14(13-10)6-4-7-15-2/h9,11H,3-8H2,1-2H3. The van der Waals surface area contributed by atoms with Gasteiger partial charge in [-0.05, 0) is 31.4 Å². The van der Waals surface area contributed by atoms with E-state index in [1.165, 1.54) is 5.75 Å². The highest BCUT2D eigenvalue weighted by molar-refractivity contribution is 7.98. The molecule has 0 atom stereocenters. The molecule has 0 aliphatic carbocycles. The summed E-state index contributed by atoms with van der Waals surface area (Å²) in [4.78, 5) is 4.25. The van der Waals surface area contributed by atoms with Crippen molar-refractivity contribution in [3.8, 4) is 0 Å². The molecule has 15 heavy (non-hydrogen) atoms. The van der Waals surface area contributed by atoms with E-state index in [1.807, 2.05) is 22.8 Å². The van der Waals surface area contributed by atoms with Gasteiger partial charge in [-0.2, -0.15) is 16.9 Å². The van der Waals surface area contributed by atoms with E-state index in [1.54, 1.807) is 0 Å². The summed E-state index contributed by atoms with van der Waals surface area (Å²) in [6, 6.07) is 0. The summed E-state index contributed by atoms with van der Waals surface area (Å²) in [5.41, 5.74) is 0. The molecule has 1 heterocycles. The van der Waals surface area contributed by atoms with E-state index in [-0.39, 0.29) is 0 Å². The van der Waals surface area contributed by atoms with Crippen LogP contribution < -0.4 is 5.32 Å². The molecule has 0 amide bonds. The van der Waals surface area contributed by atoms with Gasteiger partial charge >= 0.3 is 0 Å². The molecule has 0 radical (unpaired) electrons. The number of nitrogens with one attached hydrogen (secondary N) is 1. The van der Waals surface area contributed by atoms with E-state index in [0.29, 0.717) is 0 Å². The van der Waals surface area contributed by atoms with Gasteiger partial charge in [0, 0.05) is 6.54 Å². The SMILES string of the molecule is CCCNCc1ncn(CCCSC)n1. The second-order valence-corrected chi connectivity index (χ2v) is 4.43. The van der Waals surface area contributed by atoms with Crippen molar-refractivity contribution in [3.05, 3.63) is 12.2 Å².